The second kappa shape index (κ2) is 7.63. The molecule has 92 valence electrons. The number of aliphatic carboxylic acids is 2. The number of unbranched alkanes of at least 4 members (excludes halogenated alkanes) is 1. The van der Waals surface area contributed by atoms with E-state index in [1.54, 1.807) is 0 Å². The van der Waals surface area contributed by atoms with Gasteiger partial charge in [-0.3, -0.25) is 14.4 Å². The van der Waals surface area contributed by atoms with Gasteiger partial charge in [-0.25, -0.2) is 0 Å². The third-order valence-corrected chi connectivity index (χ3v) is 1.85. The number of hydrogen-bond acceptors (Lipinski definition) is 4. The van der Waals surface area contributed by atoms with Crippen molar-refractivity contribution in [2.45, 2.75) is 19.3 Å². The summed E-state index contributed by atoms with van der Waals surface area (Å²) in [6, 6.07) is 0. The molecule has 0 aromatic heterocycles. The summed E-state index contributed by atoms with van der Waals surface area (Å²) < 4.78 is 0. The molecular weight excluding hydrogens is 216 g/mol. The summed E-state index contributed by atoms with van der Waals surface area (Å²) in [6.45, 7) is -0.730. The molecule has 0 rings (SSSR count). The van der Waals surface area contributed by atoms with Gasteiger partial charge in [0.05, 0.1) is 0 Å². The highest BCUT2D eigenvalue weighted by atomic mass is 16.4. The predicted molar refractivity (Wildman–Crippen MR) is 54.8 cm³/mol. The number of carboxylic acid groups (broad SMARTS) is 2. The monoisotopic (exact) mass is 232 g/mol. The first-order valence-corrected chi connectivity index (χ1v) is 4.88. The Morgan fingerprint density at radius 3 is 1.88 bits per heavy atom. The van der Waals surface area contributed by atoms with Gasteiger partial charge >= 0.3 is 11.9 Å². The lowest BCUT2D eigenvalue weighted by atomic mass is 10.2. The van der Waals surface area contributed by atoms with Crippen LogP contribution in [0.15, 0.2) is 0 Å². The van der Waals surface area contributed by atoms with Crippen molar-refractivity contribution in [1.82, 2.24) is 4.90 Å². The minimum Gasteiger partial charge on any atom is -0.480 e. The van der Waals surface area contributed by atoms with Gasteiger partial charge in [0.25, 0.3) is 0 Å². The normalized spacial score (nSPS) is 9.81. The van der Waals surface area contributed by atoms with Gasteiger partial charge in [-0.05, 0) is 19.4 Å². The Morgan fingerprint density at radius 2 is 1.50 bits per heavy atom. The van der Waals surface area contributed by atoms with Crippen molar-refractivity contribution >= 4 is 17.8 Å². The van der Waals surface area contributed by atoms with Crippen LogP contribution in [0.5, 0.6) is 0 Å². The number of nitrogens with two attached hydrogens (primary N) is 1. The summed E-state index contributed by atoms with van der Waals surface area (Å²) in [4.78, 5) is 33.1. The molecule has 0 saturated heterocycles. The maximum Gasteiger partial charge on any atom is 0.323 e. The second-order valence-corrected chi connectivity index (χ2v) is 3.28. The molecule has 0 aliphatic rings. The SMILES string of the molecule is NCCCCC(=O)N(CC(=O)O)CC(=O)O. The Hall–Kier alpha value is -1.63. The average molecular weight is 232 g/mol. The number of amides is 1. The fraction of sp³-hybridized carbons (Fsp3) is 0.667. The van der Waals surface area contributed by atoms with Crippen LogP contribution in [0.2, 0.25) is 0 Å². The van der Waals surface area contributed by atoms with Crippen molar-refractivity contribution in [3.63, 3.8) is 0 Å². The Labute approximate surface area is 92.8 Å². The number of carbonyl (C=O) groups excluding carboxylic acids is 1. The molecule has 0 aliphatic heterocycles. The highest BCUT2D eigenvalue weighted by Crippen LogP contribution is 2.00. The van der Waals surface area contributed by atoms with E-state index in [4.69, 9.17) is 15.9 Å². The first-order chi connectivity index (χ1) is 7.47. The van der Waals surface area contributed by atoms with E-state index in [0.29, 0.717) is 19.4 Å². The summed E-state index contributed by atoms with van der Waals surface area (Å²) in [6.07, 6.45) is 1.31. The highest BCUT2D eigenvalue weighted by molar-refractivity contribution is 5.85. The van der Waals surface area contributed by atoms with Crippen LogP contribution in [-0.4, -0.2) is 52.6 Å². The van der Waals surface area contributed by atoms with E-state index in [1.807, 2.05) is 0 Å². The Bertz CT molecular complexity index is 251. The van der Waals surface area contributed by atoms with Crippen molar-refractivity contribution in [3.8, 4) is 0 Å². The van der Waals surface area contributed by atoms with E-state index in [2.05, 4.69) is 0 Å². The average Bonchev–Trinajstić information content (AvgIpc) is 2.15. The maximum absolute atomic E-state index is 11.4. The summed E-state index contributed by atoms with van der Waals surface area (Å²) in [5, 5.41) is 17.0. The van der Waals surface area contributed by atoms with Crippen LogP contribution in [0.4, 0.5) is 0 Å². The van der Waals surface area contributed by atoms with E-state index in [1.165, 1.54) is 0 Å². The molecule has 16 heavy (non-hydrogen) atoms. The van der Waals surface area contributed by atoms with Crippen LogP contribution in [0, 0.1) is 0 Å². The molecule has 1 amide bonds. The van der Waals surface area contributed by atoms with Gasteiger partial charge < -0.3 is 20.8 Å². The molecule has 0 bridgehead atoms. The van der Waals surface area contributed by atoms with Crippen LogP contribution in [0.25, 0.3) is 0 Å². The van der Waals surface area contributed by atoms with Crippen molar-refractivity contribution in [2.24, 2.45) is 5.73 Å². The van der Waals surface area contributed by atoms with Crippen molar-refractivity contribution in [2.75, 3.05) is 19.6 Å². The molecule has 0 fully saturated rings. The molecule has 0 aromatic carbocycles. The number of rotatable bonds is 8. The van der Waals surface area contributed by atoms with Crippen molar-refractivity contribution in [1.29, 1.82) is 0 Å². The first-order valence-electron chi connectivity index (χ1n) is 4.88. The standard InChI is InChI=1S/C9H16N2O5/c10-4-2-1-3-7(12)11(5-8(13)14)6-9(15)16/h1-6,10H2,(H,13,14)(H,15,16). The fourth-order valence-corrected chi connectivity index (χ4v) is 1.14. The first kappa shape index (κ1) is 14.4. The molecular formula is C9H16N2O5. The zero-order valence-corrected chi connectivity index (χ0v) is 8.89. The second-order valence-electron chi connectivity index (χ2n) is 3.28. The predicted octanol–water partition coefficient (Wildman–Crippen LogP) is -0.887. The number of carboxylic acids is 2. The van der Waals surface area contributed by atoms with Gasteiger partial charge in [0.15, 0.2) is 0 Å². The summed E-state index contributed by atoms with van der Waals surface area (Å²) in [5.41, 5.74) is 5.24. The quantitative estimate of drug-likeness (QED) is 0.467. The lowest BCUT2D eigenvalue weighted by molar-refractivity contribution is -0.149. The van der Waals surface area contributed by atoms with Crippen molar-refractivity contribution in [3.05, 3.63) is 0 Å². The summed E-state index contributed by atoms with van der Waals surface area (Å²) >= 11 is 0. The van der Waals surface area contributed by atoms with Gasteiger partial charge in [0.2, 0.25) is 5.91 Å². The maximum atomic E-state index is 11.4. The smallest absolute Gasteiger partial charge is 0.323 e. The van der Waals surface area contributed by atoms with E-state index in [0.717, 1.165) is 4.90 Å². The molecule has 0 spiro atoms. The zero-order valence-electron chi connectivity index (χ0n) is 8.89. The topological polar surface area (TPSA) is 121 Å². The van der Waals surface area contributed by atoms with Crippen molar-refractivity contribution < 1.29 is 24.6 Å². The molecule has 0 unspecified atom stereocenters. The van der Waals surface area contributed by atoms with Crippen LogP contribution in [-0.2, 0) is 14.4 Å². The van der Waals surface area contributed by atoms with Crippen LogP contribution >= 0.6 is 0 Å². The Kier molecular flexibility index (Phi) is 6.86. The summed E-state index contributed by atoms with van der Waals surface area (Å²) in [7, 11) is 0. The lowest BCUT2D eigenvalue weighted by Gasteiger charge is -2.18. The zero-order chi connectivity index (χ0) is 12.6. The van der Waals surface area contributed by atoms with Gasteiger partial charge in [0, 0.05) is 6.42 Å². The third-order valence-electron chi connectivity index (χ3n) is 1.85. The molecule has 7 nitrogen and oxygen atoms in total. The molecule has 0 atom stereocenters. The van der Waals surface area contributed by atoms with Gasteiger partial charge in [0.1, 0.15) is 13.1 Å². The van der Waals surface area contributed by atoms with E-state index >= 15 is 0 Å². The molecule has 7 heteroatoms. The molecule has 0 radical (unpaired) electrons. The van der Waals surface area contributed by atoms with Gasteiger partial charge in [-0.1, -0.05) is 0 Å². The molecule has 0 heterocycles. The minimum absolute atomic E-state index is 0.123. The van der Waals surface area contributed by atoms with Gasteiger partial charge in [-0.15, -0.1) is 0 Å². The Balaban J connectivity index is 4.20. The molecule has 0 aromatic rings. The molecule has 0 aliphatic carbocycles. The fourth-order valence-electron chi connectivity index (χ4n) is 1.14. The van der Waals surface area contributed by atoms with E-state index in [-0.39, 0.29) is 6.42 Å². The Morgan fingerprint density at radius 1 is 1.00 bits per heavy atom. The van der Waals surface area contributed by atoms with Crippen LogP contribution in [0.3, 0.4) is 0 Å². The largest absolute Gasteiger partial charge is 0.480 e. The minimum atomic E-state index is -1.23. The number of carbonyl (C=O) groups is 3. The van der Waals surface area contributed by atoms with Crippen LogP contribution < -0.4 is 5.73 Å². The third kappa shape index (κ3) is 6.77. The molecule has 4 N–H and O–H groups in total. The summed E-state index contributed by atoms with van der Waals surface area (Å²) in [5.74, 6) is -2.93. The van der Waals surface area contributed by atoms with E-state index < -0.39 is 30.9 Å². The van der Waals surface area contributed by atoms with E-state index in [9.17, 15) is 14.4 Å². The number of hydrogen-bond donors (Lipinski definition) is 3. The highest BCUT2D eigenvalue weighted by Gasteiger charge is 2.18. The van der Waals surface area contributed by atoms with Crippen LogP contribution in [0.1, 0.15) is 19.3 Å². The molecule has 0 saturated carbocycles. The van der Waals surface area contributed by atoms with Gasteiger partial charge in [-0.2, -0.15) is 0 Å². The lowest BCUT2D eigenvalue weighted by Crippen LogP contribution is -2.39. The number of nitrogens with zero attached hydrogens (tertiary/aromatic N) is 1.